The summed E-state index contributed by atoms with van der Waals surface area (Å²) in [5.41, 5.74) is 3.17. The Morgan fingerprint density at radius 3 is 2.81 bits per heavy atom. The van der Waals surface area contributed by atoms with Gasteiger partial charge in [0.05, 0.1) is 0 Å². The molecular formula is C13H23N3. The number of aromatic nitrogens is 2. The van der Waals surface area contributed by atoms with Crippen LogP contribution in [0.3, 0.4) is 0 Å². The molecule has 0 fully saturated rings. The monoisotopic (exact) mass is 221 g/mol. The van der Waals surface area contributed by atoms with Crippen LogP contribution in [0.1, 0.15) is 45.4 Å². The number of hydrogen-bond donors (Lipinski definition) is 2. The molecule has 1 heterocycles. The van der Waals surface area contributed by atoms with E-state index in [1.165, 1.54) is 17.7 Å². The molecule has 1 aromatic rings. The van der Waals surface area contributed by atoms with E-state index in [0.29, 0.717) is 5.41 Å². The second-order valence-corrected chi connectivity index (χ2v) is 5.87. The van der Waals surface area contributed by atoms with Gasteiger partial charge in [-0.2, -0.15) is 5.10 Å². The van der Waals surface area contributed by atoms with E-state index < -0.39 is 0 Å². The Bertz CT molecular complexity index is 360. The molecule has 1 aromatic heterocycles. The maximum atomic E-state index is 4.37. The predicted molar refractivity (Wildman–Crippen MR) is 67.7 cm³/mol. The van der Waals surface area contributed by atoms with E-state index in [0.717, 1.165) is 31.1 Å². The van der Waals surface area contributed by atoms with E-state index in [1.54, 1.807) is 0 Å². The van der Waals surface area contributed by atoms with Crippen LogP contribution in [0.5, 0.6) is 0 Å². The number of aromatic amines is 1. The first-order valence-electron chi connectivity index (χ1n) is 6.32. The fourth-order valence-electron chi connectivity index (χ4n) is 2.55. The van der Waals surface area contributed by atoms with Crippen LogP contribution >= 0.6 is 0 Å². The molecular weight excluding hydrogens is 198 g/mol. The van der Waals surface area contributed by atoms with E-state index >= 15 is 0 Å². The molecule has 1 aliphatic carbocycles. The first-order chi connectivity index (χ1) is 7.52. The first-order valence-corrected chi connectivity index (χ1v) is 6.32. The molecule has 3 nitrogen and oxygen atoms in total. The van der Waals surface area contributed by atoms with Gasteiger partial charge in [-0.15, -0.1) is 0 Å². The van der Waals surface area contributed by atoms with Crippen molar-refractivity contribution in [2.75, 3.05) is 11.9 Å². The van der Waals surface area contributed by atoms with Gasteiger partial charge in [-0.25, -0.2) is 0 Å². The highest BCUT2D eigenvalue weighted by Crippen LogP contribution is 2.38. The van der Waals surface area contributed by atoms with Crippen molar-refractivity contribution in [3.05, 3.63) is 11.3 Å². The normalized spacial score (nSPS) is 20.6. The molecule has 1 unspecified atom stereocenters. The lowest BCUT2D eigenvalue weighted by atomic mass is 9.72. The molecule has 0 spiro atoms. The number of nitrogens with zero attached hydrogens (tertiary/aromatic N) is 1. The number of hydrogen-bond acceptors (Lipinski definition) is 2. The molecule has 0 amide bonds. The molecule has 90 valence electrons. The molecule has 0 aromatic carbocycles. The fraction of sp³-hybridized carbons (Fsp3) is 0.769. The van der Waals surface area contributed by atoms with Gasteiger partial charge >= 0.3 is 0 Å². The predicted octanol–water partition coefficient (Wildman–Crippen LogP) is 2.99. The summed E-state index contributed by atoms with van der Waals surface area (Å²) in [6.45, 7) is 10.1. The smallest absolute Gasteiger partial charge is 0.151 e. The summed E-state index contributed by atoms with van der Waals surface area (Å²) < 4.78 is 0. The minimum atomic E-state index is 0.401. The van der Waals surface area contributed by atoms with Crippen LogP contribution in [0.15, 0.2) is 0 Å². The SMILES string of the molecule is CCNc1n[nH]c2c1CC(C(C)(C)C)CC2. The van der Waals surface area contributed by atoms with Gasteiger partial charge < -0.3 is 5.32 Å². The molecule has 3 heteroatoms. The average molecular weight is 221 g/mol. The quantitative estimate of drug-likeness (QED) is 0.806. The van der Waals surface area contributed by atoms with Crippen molar-refractivity contribution in [3.63, 3.8) is 0 Å². The van der Waals surface area contributed by atoms with Crippen LogP contribution < -0.4 is 5.32 Å². The fourth-order valence-corrected chi connectivity index (χ4v) is 2.55. The highest BCUT2D eigenvalue weighted by molar-refractivity contribution is 5.47. The van der Waals surface area contributed by atoms with Crippen LogP contribution in [0, 0.1) is 11.3 Å². The minimum Gasteiger partial charge on any atom is -0.369 e. The molecule has 1 aliphatic rings. The van der Waals surface area contributed by atoms with Gasteiger partial charge in [0.15, 0.2) is 5.82 Å². The van der Waals surface area contributed by atoms with Crippen molar-refractivity contribution in [3.8, 4) is 0 Å². The van der Waals surface area contributed by atoms with E-state index in [-0.39, 0.29) is 0 Å². The lowest BCUT2D eigenvalue weighted by molar-refractivity contribution is 0.216. The third-order valence-corrected chi connectivity index (χ3v) is 3.72. The van der Waals surface area contributed by atoms with E-state index in [4.69, 9.17) is 0 Å². The third kappa shape index (κ3) is 2.08. The zero-order chi connectivity index (χ0) is 11.8. The Hall–Kier alpha value is -0.990. The lowest BCUT2D eigenvalue weighted by Crippen LogP contribution is -2.27. The van der Waals surface area contributed by atoms with Gasteiger partial charge in [0.25, 0.3) is 0 Å². The summed E-state index contributed by atoms with van der Waals surface area (Å²) in [6.07, 6.45) is 3.59. The largest absolute Gasteiger partial charge is 0.369 e. The highest BCUT2D eigenvalue weighted by Gasteiger charge is 2.31. The van der Waals surface area contributed by atoms with Crippen LogP contribution in [-0.4, -0.2) is 16.7 Å². The van der Waals surface area contributed by atoms with Gasteiger partial charge in [-0.1, -0.05) is 20.8 Å². The van der Waals surface area contributed by atoms with Gasteiger partial charge in [0.2, 0.25) is 0 Å². The van der Waals surface area contributed by atoms with Gasteiger partial charge in [-0.05, 0) is 37.5 Å². The standard InChI is InChI=1S/C13H23N3/c1-5-14-12-10-8-9(13(2,3)4)6-7-11(10)15-16-12/h9H,5-8H2,1-4H3,(H2,14,15,16). The number of aryl methyl sites for hydroxylation is 1. The second-order valence-electron chi connectivity index (χ2n) is 5.87. The number of anilines is 1. The highest BCUT2D eigenvalue weighted by atomic mass is 15.2. The molecule has 0 radical (unpaired) electrons. The van der Waals surface area contributed by atoms with Gasteiger partial charge in [0.1, 0.15) is 0 Å². The molecule has 16 heavy (non-hydrogen) atoms. The van der Waals surface area contributed by atoms with Crippen molar-refractivity contribution in [2.45, 2.75) is 47.0 Å². The van der Waals surface area contributed by atoms with Crippen molar-refractivity contribution < 1.29 is 0 Å². The van der Waals surface area contributed by atoms with Crippen molar-refractivity contribution in [1.82, 2.24) is 10.2 Å². The molecule has 2 N–H and O–H groups in total. The number of nitrogens with one attached hydrogen (secondary N) is 2. The molecule has 2 rings (SSSR count). The minimum absolute atomic E-state index is 0.401. The Morgan fingerprint density at radius 2 is 2.19 bits per heavy atom. The summed E-state index contributed by atoms with van der Waals surface area (Å²) in [5.74, 6) is 1.85. The summed E-state index contributed by atoms with van der Waals surface area (Å²) in [6, 6.07) is 0. The molecule has 1 atom stereocenters. The Kier molecular flexibility index (Phi) is 2.96. The zero-order valence-corrected chi connectivity index (χ0v) is 10.9. The summed E-state index contributed by atoms with van der Waals surface area (Å²) in [5, 5.41) is 10.9. The van der Waals surface area contributed by atoms with Crippen LogP contribution in [0.2, 0.25) is 0 Å². The third-order valence-electron chi connectivity index (χ3n) is 3.72. The summed E-state index contributed by atoms with van der Waals surface area (Å²) >= 11 is 0. The number of rotatable bonds is 2. The lowest BCUT2D eigenvalue weighted by Gasteiger charge is -2.33. The first kappa shape index (κ1) is 11.5. The molecule has 0 saturated carbocycles. The second kappa shape index (κ2) is 4.11. The zero-order valence-electron chi connectivity index (χ0n) is 10.9. The number of fused-ring (bicyclic) bond motifs is 1. The van der Waals surface area contributed by atoms with Crippen LogP contribution in [0.4, 0.5) is 5.82 Å². The number of H-pyrrole nitrogens is 1. The van der Waals surface area contributed by atoms with Crippen LogP contribution in [0.25, 0.3) is 0 Å². The van der Waals surface area contributed by atoms with Gasteiger partial charge in [0, 0.05) is 17.8 Å². The van der Waals surface area contributed by atoms with Crippen molar-refractivity contribution in [2.24, 2.45) is 11.3 Å². The average Bonchev–Trinajstić information content (AvgIpc) is 2.60. The summed E-state index contributed by atoms with van der Waals surface area (Å²) in [7, 11) is 0. The molecule has 0 aliphatic heterocycles. The van der Waals surface area contributed by atoms with E-state index in [1.807, 2.05) is 0 Å². The summed E-state index contributed by atoms with van der Waals surface area (Å²) in [4.78, 5) is 0. The van der Waals surface area contributed by atoms with Gasteiger partial charge in [-0.3, -0.25) is 5.10 Å². The molecule has 0 bridgehead atoms. The van der Waals surface area contributed by atoms with Crippen molar-refractivity contribution in [1.29, 1.82) is 0 Å². The van der Waals surface area contributed by atoms with Crippen molar-refractivity contribution >= 4 is 5.82 Å². The topological polar surface area (TPSA) is 40.7 Å². The maximum absolute atomic E-state index is 4.37. The van der Waals surface area contributed by atoms with E-state index in [9.17, 15) is 0 Å². The molecule has 0 saturated heterocycles. The van der Waals surface area contributed by atoms with E-state index in [2.05, 4.69) is 43.2 Å². The maximum Gasteiger partial charge on any atom is 0.151 e. The Balaban J connectivity index is 2.21. The Morgan fingerprint density at radius 1 is 1.44 bits per heavy atom. The van der Waals surface area contributed by atoms with Crippen LogP contribution in [-0.2, 0) is 12.8 Å². The Labute approximate surface area is 98.0 Å².